The van der Waals surface area contributed by atoms with Gasteiger partial charge in [0, 0.05) is 19.2 Å². The summed E-state index contributed by atoms with van der Waals surface area (Å²) in [5, 5.41) is 9.76. The van der Waals surface area contributed by atoms with Crippen LogP contribution in [0.2, 0.25) is 0 Å². The van der Waals surface area contributed by atoms with E-state index in [9.17, 15) is 13.5 Å². The number of nitrogens with zero attached hydrogens (tertiary/aromatic N) is 1. The quantitative estimate of drug-likeness (QED) is 0.793. The molecule has 0 aliphatic carbocycles. The van der Waals surface area contributed by atoms with Gasteiger partial charge in [0.1, 0.15) is 4.99 Å². The number of rotatable bonds is 5. The van der Waals surface area contributed by atoms with Crippen molar-refractivity contribution >= 4 is 27.2 Å². The second kappa shape index (κ2) is 5.77. The first-order valence-electron chi connectivity index (χ1n) is 6.04. The van der Waals surface area contributed by atoms with Gasteiger partial charge in [-0.3, -0.25) is 0 Å². The first-order chi connectivity index (χ1) is 8.95. The van der Waals surface area contributed by atoms with Crippen LogP contribution in [-0.2, 0) is 10.0 Å². The molecule has 1 aromatic carbocycles. The van der Waals surface area contributed by atoms with Gasteiger partial charge in [-0.05, 0) is 32.4 Å². The molecule has 1 rings (SSSR count). The number of thiocarbonyl (C=S) groups is 1. The van der Waals surface area contributed by atoms with Crippen LogP contribution < -0.4 is 5.73 Å². The summed E-state index contributed by atoms with van der Waals surface area (Å²) in [5.41, 5.74) is 5.53. The lowest BCUT2D eigenvalue weighted by molar-refractivity contribution is 0.0640. The molecule has 7 heteroatoms. The van der Waals surface area contributed by atoms with E-state index < -0.39 is 15.6 Å². The Kier molecular flexibility index (Phi) is 4.91. The van der Waals surface area contributed by atoms with Gasteiger partial charge in [-0.25, -0.2) is 8.42 Å². The summed E-state index contributed by atoms with van der Waals surface area (Å²) >= 11 is 4.87. The minimum Gasteiger partial charge on any atom is -0.389 e. The molecule has 0 unspecified atom stereocenters. The van der Waals surface area contributed by atoms with Crippen molar-refractivity contribution in [1.29, 1.82) is 0 Å². The molecule has 0 saturated carbocycles. The Balaban J connectivity index is 3.28. The zero-order valence-corrected chi connectivity index (χ0v) is 13.7. The monoisotopic (exact) mass is 316 g/mol. The van der Waals surface area contributed by atoms with Gasteiger partial charge < -0.3 is 10.8 Å². The Morgan fingerprint density at radius 2 is 2.00 bits per heavy atom. The molecule has 0 aliphatic heterocycles. The van der Waals surface area contributed by atoms with Crippen LogP contribution in [0, 0.1) is 6.92 Å². The Morgan fingerprint density at radius 1 is 1.45 bits per heavy atom. The maximum Gasteiger partial charge on any atom is 0.243 e. The predicted octanol–water partition coefficient (Wildman–Crippen LogP) is 1.02. The molecule has 0 aromatic heterocycles. The molecule has 0 atom stereocenters. The highest BCUT2D eigenvalue weighted by molar-refractivity contribution is 7.89. The average molecular weight is 316 g/mol. The van der Waals surface area contributed by atoms with Gasteiger partial charge in [0.05, 0.1) is 10.5 Å². The topological polar surface area (TPSA) is 83.6 Å². The van der Waals surface area contributed by atoms with E-state index in [0.717, 1.165) is 4.31 Å². The van der Waals surface area contributed by atoms with Crippen molar-refractivity contribution < 1.29 is 13.5 Å². The van der Waals surface area contributed by atoms with Gasteiger partial charge >= 0.3 is 0 Å². The number of aryl methyl sites for hydroxylation is 1. The van der Waals surface area contributed by atoms with Crippen molar-refractivity contribution in [2.75, 3.05) is 13.6 Å². The van der Waals surface area contributed by atoms with E-state index in [-0.39, 0.29) is 16.4 Å². The SMILES string of the molecule is Cc1ccc(C(N)=S)cc1S(=O)(=O)N(C)CC(C)(C)O. The molecule has 20 heavy (non-hydrogen) atoms. The first kappa shape index (κ1) is 17.0. The Labute approximate surface area is 125 Å². The fourth-order valence-corrected chi connectivity index (χ4v) is 3.53. The number of benzene rings is 1. The van der Waals surface area contributed by atoms with Crippen LogP contribution in [-0.4, -0.2) is 42.0 Å². The van der Waals surface area contributed by atoms with E-state index in [1.807, 2.05) is 0 Å². The third-order valence-corrected chi connectivity index (χ3v) is 4.95. The zero-order chi connectivity index (χ0) is 15.7. The van der Waals surface area contributed by atoms with Gasteiger partial charge in [0.15, 0.2) is 0 Å². The van der Waals surface area contributed by atoms with E-state index in [4.69, 9.17) is 18.0 Å². The Hall–Kier alpha value is -1.02. The average Bonchev–Trinajstić information content (AvgIpc) is 2.26. The second-order valence-corrected chi connectivity index (χ2v) is 7.87. The van der Waals surface area contributed by atoms with Crippen LogP contribution in [0.1, 0.15) is 25.0 Å². The lowest BCUT2D eigenvalue weighted by atomic mass is 10.1. The van der Waals surface area contributed by atoms with Crippen LogP contribution in [0.5, 0.6) is 0 Å². The maximum atomic E-state index is 12.5. The maximum absolute atomic E-state index is 12.5. The lowest BCUT2D eigenvalue weighted by Gasteiger charge is -2.25. The molecule has 0 bridgehead atoms. The number of likely N-dealkylation sites (N-methyl/N-ethyl adjacent to an activating group) is 1. The molecule has 0 spiro atoms. The molecule has 0 saturated heterocycles. The van der Waals surface area contributed by atoms with E-state index in [1.54, 1.807) is 32.9 Å². The van der Waals surface area contributed by atoms with Crippen molar-refractivity contribution in [3.8, 4) is 0 Å². The van der Waals surface area contributed by atoms with E-state index in [2.05, 4.69) is 0 Å². The number of hydrogen-bond donors (Lipinski definition) is 2. The number of aliphatic hydroxyl groups is 1. The normalized spacial score (nSPS) is 12.7. The summed E-state index contributed by atoms with van der Waals surface area (Å²) in [6, 6.07) is 4.82. The van der Waals surface area contributed by atoms with Crippen LogP contribution in [0.15, 0.2) is 23.1 Å². The van der Waals surface area contributed by atoms with E-state index in [1.165, 1.54) is 13.1 Å². The third-order valence-electron chi connectivity index (χ3n) is 2.77. The van der Waals surface area contributed by atoms with Crippen molar-refractivity contribution in [2.24, 2.45) is 5.73 Å². The molecule has 0 aliphatic rings. The van der Waals surface area contributed by atoms with Gasteiger partial charge in [-0.1, -0.05) is 24.4 Å². The van der Waals surface area contributed by atoms with E-state index >= 15 is 0 Å². The number of nitrogens with two attached hydrogens (primary N) is 1. The van der Waals surface area contributed by atoms with Crippen LogP contribution in [0.25, 0.3) is 0 Å². The van der Waals surface area contributed by atoms with Crippen molar-refractivity contribution in [1.82, 2.24) is 4.31 Å². The van der Waals surface area contributed by atoms with Gasteiger partial charge in [0.25, 0.3) is 0 Å². The summed E-state index contributed by atoms with van der Waals surface area (Å²) < 4.78 is 26.2. The second-order valence-electron chi connectivity index (χ2n) is 5.42. The number of sulfonamides is 1. The molecule has 0 heterocycles. The molecule has 0 radical (unpaired) electrons. The molecular formula is C13H20N2O3S2. The van der Waals surface area contributed by atoms with Crippen LogP contribution in [0.3, 0.4) is 0 Å². The summed E-state index contributed by atoms with van der Waals surface area (Å²) in [6.07, 6.45) is 0. The summed E-state index contributed by atoms with van der Waals surface area (Å²) in [4.78, 5) is 0.293. The highest BCUT2D eigenvalue weighted by Crippen LogP contribution is 2.22. The predicted molar refractivity (Wildman–Crippen MR) is 83.2 cm³/mol. The van der Waals surface area contributed by atoms with E-state index in [0.29, 0.717) is 11.1 Å². The molecular weight excluding hydrogens is 296 g/mol. The van der Waals surface area contributed by atoms with Gasteiger partial charge in [0.2, 0.25) is 10.0 Å². The van der Waals surface area contributed by atoms with Crippen molar-refractivity contribution in [3.05, 3.63) is 29.3 Å². The molecule has 0 amide bonds. The Bertz CT molecular complexity index is 619. The van der Waals surface area contributed by atoms with Crippen molar-refractivity contribution in [2.45, 2.75) is 31.3 Å². The van der Waals surface area contributed by atoms with Gasteiger partial charge in [-0.2, -0.15) is 4.31 Å². The molecule has 1 aromatic rings. The fourth-order valence-electron chi connectivity index (χ4n) is 1.83. The fraction of sp³-hybridized carbons (Fsp3) is 0.462. The molecule has 3 N–H and O–H groups in total. The minimum atomic E-state index is -3.70. The highest BCUT2D eigenvalue weighted by atomic mass is 32.2. The Morgan fingerprint density at radius 3 is 2.45 bits per heavy atom. The summed E-state index contributed by atoms with van der Waals surface area (Å²) in [7, 11) is -2.27. The summed E-state index contributed by atoms with van der Waals surface area (Å²) in [6.45, 7) is 4.80. The van der Waals surface area contributed by atoms with Crippen LogP contribution >= 0.6 is 12.2 Å². The zero-order valence-electron chi connectivity index (χ0n) is 12.0. The van der Waals surface area contributed by atoms with Crippen molar-refractivity contribution in [3.63, 3.8) is 0 Å². The third kappa shape index (κ3) is 3.99. The summed E-state index contributed by atoms with van der Waals surface area (Å²) in [5.74, 6) is 0. The highest BCUT2D eigenvalue weighted by Gasteiger charge is 2.27. The standard InChI is InChI=1S/C13H20N2O3S2/c1-9-5-6-10(12(14)19)7-11(9)20(17,18)15(4)8-13(2,3)16/h5-7,16H,8H2,1-4H3,(H2,14,19). The van der Waals surface area contributed by atoms with Gasteiger partial charge in [-0.15, -0.1) is 0 Å². The smallest absolute Gasteiger partial charge is 0.243 e. The lowest BCUT2D eigenvalue weighted by Crippen LogP contribution is -2.39. The molecule has 0 fully saturated rings. The minimum absolute atomic E-state index is 0.00786. The molecule has 5 nitrogen and oxygen atoms in total. The largest absolute Gasteiger partial charge is 0.389 e. The molecule has 112 valence electrons. The van der Waals surface area contributed by atoms with Crippen LogP contribution in [0.4, 0.5) is 0 Å². The first-order valence-corrected chi connectivity index (χ1v) is 7.89. The number of hydrogen-bond acceptors (Lipinski definition) is 4.